The quantitative estimate of drug-likeness (QED) is 0.509. The molecule has 8 heteroatoms. The molecule has 152 valence electrons. The molecule has 29 heavy (non-hydrogen) atoms. The van der Waals surface area contributed by atoms with Crippen LogP contribution in [0.4, 0.5) is 10.1 Å². The number of carbonyl (C=O) groups is 1. The van der Waals surface area contributed by atoms with Gasteiger partial charge in [0, 0.05) is 16.9 Å². The number of thiazole rings is 1. The van der Waals surface area contributed by atoms with Gasteiger partial charge in [0.1, 0.15) is 5.82 Å². The van der Waals surface area contributed by atoms with E-state index in [1.54, 1.807) is 12.1 Å². The van der Waals surface area contributed by atoms with Gasteiger partial charge in [-0.3, -0.25) is 4.79 Å². The summed E-state index contributed by atoms with van der Waals surface area (Å²) in [5.74, 6) is -1.16. The minimum Gasteiger partial charge on any atom is -0.480 e. The van der Waals surface area contributed by atoms with Crippen molar-refractivity contribution < 1.29 is 14.3 Å². The molecular formula is C21H21ClFN3O2S. The zero-order valence-corrected chi connectivity index (χ0v) is 17.4. The van der Waals surface area contributed by atoms with Gasteiger partial charge in [0.2, 0.25) is 0 Å². The smallest absolute Gasteiger partial charge is 0.317 e. The first-order chi connectivity index (χ1) is 13.9. The lowest BCUT2D eigenvalue weighted by Crippen LogP contribution is -2.25. The predicted molar refractivity (Wildman–Crippen MR) is 114 cm³/mol. The monoisotopic (exact) mass is 433 g/mol. The number of nitrogens with zero attached hydrogens (tertiary/aromatic N) is 2. The van der Waals surface area contributed by atoms with Crippen molar-refractivity contribution in [3.63, 3.8) is 0 Å². The second kappa shape index (κ2) is 9.82. The van der Waals surface area contributed by atoms with E-state index in [9.17, 15) is 9.18 Å². The number of rotatable bonds is 8. The third-order valence-electron chi connectivity index (χ3n) is 4.32. The summed E-state index contributed by atoms with van der Waals surface area (Å²) >= 11 is 7.55. The average Bonchev–Trinajstić information content (AvgIpc) is 3.06. The second-order valence-electron chi connectivity index (χ2n) is 6.53. The first-order valence-corrected chi connectivity index (χ1v) is 10.4. The zero-order valence-electron chi connectivity index (χ0n) is 15.9. The van der Waals surface area contributed by atoms with Crippen LogP contribution in [0.2, 0.25) is 5.02 Å². The largest absolute Gasteiger partial charge is 0.480 e. The van der Waals surface area contributed by atoms with E-state index in [0.29, 0.717) is 18.1 Å². The van der Waals surface area contributed by atoms with E-state index in [-0.39, 0.29) is 12.4 Å². The maximum Gasteiger partial charge on any atom is 0.317 e. The summed E-state index contributed by atoms with van der Waals surface area (Å²) in [5, 5.41) is 14.3. The number of aromatic nitrogens is 1. The van der Waals surface area contributed by atoms with Gasteiger partial charge >= 0.3 is 5.97 Å². The molecule has 3 rings (SSSR count). The minimum atomic E-state index is -0.880. The molecule has 1 aromatic heterocycles. The lowest BCUT2D eigenvalue weighted by molar-refractivity contribution is -0.135. The molecule has 0 saturated heterocycles. The van der Waals surface area contributed by atoms with Crippen LogP contribution in [-0.4, -0.2) is 28.7 Å². The first-order valence-electron chi connectivity index (χ1n) is 9.11. The number of hydrogen-bond donors (Lipinski definition) is 2. The van der Waals surface area contributed by atoms with E-state index in [0.717, 1.165) is 33.7 Å². The van der Waals surface area contributed by atoms with Crippen LogP contribution in [0.3, 0.4) is 0 Å². The van der Waals surface area contributed by atoms with Crippen molar-refractivity contribution in [1.29, 1.82) is 0 Å². The van der Waals surface area contributed by atoms with E-state index < -0.39 is 5.97 Å². The molecule has 0 fully saturated rings. The Morgan fingerprint density at radius 2 is 2.03 bits per heavy atom. The van der Waals surface area contributed by atoms with E-state index in [4.69, 9.17) is 21.7 Å². The lowest BCUT2D eigenvalue weighted by atomic mass is 10.1. The van der Waals surface area contributed by atoms with Crippen molar-refractivity contribution in [2.45, 2.75) is 19.9 Å². The molecule has 5 nitrogen and oxygen atoms in total. The van der Waals surface area contributed by atoms with Gasteiger partial charge < -0.3 is 15.0 Å². The molecule has 0 radical (unpaired) electrons. The van der Waals surface area contributed by atoms with Crippen LogP contribution < -0.4 is 10.1 Å². The van der Waals surface area contributed by atoms with Crippen LogP contribution in [0.15, 0.2) is 52.8 Å². The van der Waals surface area contributed by atoms with Crippen molar-refractivity contribution in [3.8, 4) is 11.3 Å². The van der Waals surface area contributed by atoms with Gasteiger partial charge in [-0.05, 0) is 73.5 Å². The molecule has 1 heterocycles. The fourth-order valence-corrected chi connectivity index (χ4v) is 4.07. The summed E-state index contributed by atoms with van der Waals surface area (Å²) in [6.07, 6.45) is 0.727. The van der Waals surface area contributed by atoms with Crippen molar-refractivity contribution in [1.82, 2.24) is 9.88 Å². The molecule has 0 aliphatic heterocycles. The Bertz CT molecular complexity index is 1060. The number of carboxylic acids is 1. The fraction of sp³-hybridized carbons (Fsp3) is 0.238. The highest BCUT2D eigenvalue weighted by atomic mass is 35.5. The highest BCUT2D eigenvalue weighted by molar-refractivity contribution is 7.07. The van der Waals surface area contributed by atoms with Crippen LogP contribution in [0.5, 0.6) is 0 Å². The Hall–Kier alpha value is -2.48. The number of benzene rings is 2. The molecule has 0 aliphatic carbocycles. The second-order valence-corrected chi connectivity index (χ2v) is 7.80. The number of aliphatic carboxylic acids is 1. The molecule has 0 spiro atoms. The molecule has 2 N–H and O–H groups in total. The van der Waals surface area contributed by atoms with Crippen LogP contribution >= 0.6 is 22.9 Å². The first kappa shape index (κ1) is 21.2. The number of aryl methyl sites for hydroxylation is 1. The normalized spacial score (nSPS) is 11.8. The zero-order chi connectivity index (χ0) is 20.8. The van der Waals surface area contributed by atoms with Crippen molar-refractivity contribution in [2.24, 2.45) is 4.99 Å². The Labute approximate surface area is 177 Å². The fourth-order valence-electron chi connectivity index (χ4n) is 2.89. The predicted octanol–water partition coefficient (Wildman–Crippen LogP) is 4.61. The highest BCUT2D eigenvalue weighted by Gasteiger charge is 2.09. The number of carboxylic acid groups (broad SMARTS) is 1. The Morgan fingerprint density at radius 1 is 1.28 bits per heavy atom. The van der Waals surface area contributed by atoms with Crippen molar-refractivity contribution in [3.05, 3.63) is 69.0 Å². The third-order valence-corrected chi connectivity index (χ3v) is 5.42. The molecule has 0 bridgehead atoms. The standard InChI is InChI=1S/C21H21ClFN3O2S/c1-14-11-16(22)5-8-18(14)25-21-26(10-2-9-24-12-20(27)28)19(13-29-21)15-3-6-17(23)7-4-15/h3-8,11,13,24H,2,9-10,12H2,1H3,(H,27,28). The Kier molecular flexibility index (Phi) is 7.19. The summed E-state index contributed by atoms with van der Waals surface area (Å²) in [6, 6.07) is 11.9. The van der Waals surface area contributed by atoms with Crippen LogP contribution in [0, 0.1) is 12.7 Å². The van der Waals surface area contributed by atoms with E-state index >= 15 is 0 Å². The number of nitrogens with one attached hydrogen (secondary N) is 1. The van der Waals surface area contributed by atoms with E-state index in [1.165, 1.54) is 23.5 Å². The Morgan fingerprint density at radius 3 is 2.72 bits per heavy atom. The van der Waals surface area contributed by atoms with Crippen molar-refractivity contribution in [2.75, 3.05) is 13.1 Å². The summed E-state index contributed by atoms with van der Waals surface area (Å²) in [7, 11) is 0. The van der Waals surface area contributed by atoms with Gasteiger partial charge in [-0.1, -0.05) is 11.6 Å². The van der Waals surface area contributed by atoms with Gasteiger partial charge in [0.05, 0.1) is 17.9 Å². The number of hydrogen-bond acceptors (Lipinski definition) is 4. The van der Waals surface area contributed by atoms with Gasteiger partial charge in [-0.15, -0.1) is 11.3 Å². The summed E-state index contributed by atoms with van der Waals surface area (Å²) in [5.41, 5.74) is 3.65. The van der Waals surface area contributed by atoms with Gasteiger partial charge in [0.15, 0.2) is 4.80 Å². The molecule has 0 amide bonds. The van der Waals surface area contributed by atoms with E-state index in [1.807, 2.05) is 30.5 Å². The van der Waals surface area contributed by atoms with Crippen molar-refractivity contribution >= 4 is 34.6 Å². The van der Waals surface area contributed by atoms with Gasteiger partial charge in [0.25, 0.3) is 0 Å². The topological polar surface area (TPSA) is 66.6 Å². The van der Waals surface area contributed by atoms with Gasteiger partial charge in [-0.2, -0.15) is 0 Å². The summed E-state index contributed by atoms with van der Waals surface area (Å²) in [6.45, 7) is 3.10. The SMILES string of the molecule is Cc1cc(Cl)ccc1N=c1scc(-c2ccc(F)cc2)n1CCCNCC(=O)O. The average molecular weight is 434 g/mol. The molecule has 3 aromatic rings. The van der Waals surface area contributed by atoms with Gasteiger partial charge in [-0.25, -0.2) is 9.38 Å². The van der Waals surface area contributed by atoms with E-state index in [2.05, 4.69) is 9.88 Å². The van der Waals surface area contributed by atoms with Crippen LogP contribution in [0.1, 0.15) is 12.0 Å². The molecule has 0 unspecified atom stereocenters. The summed E-state index contributed by atoms with van der Waals surface area (Å²) in [4.78, 5) is 16.3. The lowest BCUT2D eigenvalue weighted by Gasteiger charge is -2.10. The molecule has 0 atom stereocenters. The minimum absolute atomic E-state index is 0.0691. The highest BCUT2D eigenvalue weighted by Crippen LogP contribution is 2.24. The maximum absolute atomic E-state index is 13.3. The third kappa shape index (κ3) is 5.76. The Balaban J connectivity index is 1.93. The van der Waals surface area contributed by atoms with Crippen LogP contribution in [0.25, 0.3) is 11.3 Å². The summed E-state index contributed by atoms with van der Waals surface area (Å²) < 4.78 is 15.4. The molecule has 2 aromatic carbocycles. The molecule has 0 aliphatic rings. The maximum atomic E-state index is 13.3. The van der Waals surface area contributed by atoms with Crippen LogP contribution in [-0.2, 0) is 11.3 Å². The molecule has 0 saturated carbocycles. The number of halogens is 2. The molecular weight excluding hydrogens is 413 g/mol.